The molecule has 2 aromatic rings. The molecule has 2 heterocycles. The molecular formula is C21H25N3O3. The lowest BCUT2D eigenvalue weighted by Crippen LogP contribution is -2.61. The predicted octanol–water partition coefficient (Wildman–Crippen LogP) is 2.04. The number of carbonyl (C=O) groups excluding carboxylic acids is 2. The van der Waals surface area contributed by atoms with Crippen LogP contribution in [-0.2, 0) is 20.7 Å². The van der Waals surface area contributed by atoms with Crippen LogP contribution < -0.4 is 5.32 Å². The highest BCUT2D eigenvalue weighted by Crippen LogP contribution is 2.30. The first-order chi connectivity index (χ1) is 13.1. The van der Waals surface area contributed by atoms with E-state index in [4.69, 9.17) is 4.74 Å². The quantitative estimate of drug-likeness (QED) is 0.878. The van der Waals surface area contributed by atoms with Gasteiger partial charge in [0.2, 0.25) is 5.91 Å². The van der Waals surface area contributed by atoms with Crippen molar-refractivity contribution in [2.45, 2.75) is 25.4 Å². The number of hydrogen-bond acceptors (Lipinski definition) is 4. The Kier molecular flexibility index (Phi) is 5.86. The molecule has 6 heteroatoms. The van der Waals surface area contributed by atoms with Gasteiger partial charge in [0, 0.05) is 38.8 Å². The number of nitrogens with zero attached hydrogens (tertiary/aromatic N) is 2. The van der Waals surface area contributed by atoms with Crippen LogP contribution in [0.5, 0.6) is 0 Å². The average molecular weight is 367 g/mol. The Morgan fingerprint density at radius 2 is 1.96 bits per heavy atom. The van der Waals surface area contributed by atoms with Crippen molar-refractivity contribution >= 4 is 11.8 Å². The third kappa shape index (κ3) is 4.01. The van der Waals surface area contributed by atoms with Crippen LogP contribution in [0.3, 0.4) is 0 Å². The van der Waals surface area contributed by atoms with E-state index in [1.54, 1.807) is 24.3 Å². The molecule has 3 rings (SSSR count). The van der Waals surface area contributed by atoms with E-state index < -0.39 is 5.60 Å². The summed E-state index contributed by atoms with van der Waals surface area (Å²) in [6.45, 7) is 2.94. The molecule has 1 aliphatic rings. The molecule has 1 aromatic carbocycles. The largest absolute Gasteiger partial charge is 0.361 e. The monoisotopic (exact) mass is 367 g/mol. The van der Waals surface area contributed by atoms with Gasteiger partial charge >= 0.3 is 0 Å². The van der Waals surface area contributed by atoms with Crippen LogP contribution in [0.2, 0.25) is 0 Å². The lowest BCUT2D eigenvalue weighted by atomic mass is 9.87. The van der Waals surface area contributed by atoms with Gasteiger partial charge in [0.05, 0.1) is 13.2 Å². The summed E-state index contributed by atoms with van der Waals surface area (Å²) in [6, 6.07) is 11.8. The minimum atomic E-state index is -1.10. The summed E-state index contributed by atoms with van der Waals surface area (Å²) >= 11 is 0. The van der Waals surface area contributed by atoms with Gasteiger partial charge in [0.25, 0.3) is 5.91 Å². The fourth-order valence-electron chi connectivity index (χ4n) is 3.57. The molecule has 142 valence electrons. The van der Waals surface area contributed by atoms with Gasteiger partial charge in [-0.05, 0) is 28.8 Å². The molecule has 0 radical (unpaired) electrons. The topological polar surface area (TPSA) is 71.5 Å². The van der Waals surface area contributed by atoms with Gasteiger partial charge in [-0.2, -0.15) is 0 Å². The number of likely N-dealkylation sites (N-methyl/N-ethyl adjacent to an activating group) is 1. The second-order valence-corrected chi connectivity index (χ2v) is 6.66. The second kappa shape index (κ2) is 8.31. The fraction of sp³-hybridized carbons (Fsp3) is 0.381. The van der Waals surface area contributed by atoms with Crippen LogP contribution in [0.4, 0.5) is 0 Å². The SMILES string of the molecule is CCC(=O)N1CCO[C@@](Cc2ccccc2-c2ccncc2)(C(=O)NC)C1. The van der Waals surface area contributed by atoms with Crippen molar-refractivity contribution in [2.24, 2.45) is 0 Å². The minimum absolute atomic E-state index is 0.0361. The van der Waals surface area contributed by atoms with E-state index >= 15 is 0 Å². The number of carbonyl (C=O) groups is 2. The minimum Gasteiger partial charge on any atom is -0.361 e. The maximum absolute atomic E-state index is 12.8. The Morgan fingerprint density at radius 3 is 2.67 bits per heavy atom. The van der Waals surface area contributed by atoms with Crippen LogP contribution in [0.15, 0.2) is 48.8 Å². The van der Waals surface area contributed by atoms with Crippen LogP contribution in [0.1, 0.15) is 18.9 Å². The van der Waals surface area contributed by atoms with E-state index in [9.17, 15) is 9.59 Å². The van der Waals surface area contributed by atoms with Crippen molar-refractivity contribution in [2.75, 3.05) is 26.7 Å². The average Bonchev–Trinajstić information content (AvgIpc) is 2.73. The summed E-state index contributed by atoms with van der Waals surface area (Å²) in [5, 5.41) is 2.72. The Labute approximate surface area is 159 Å². The molecule has 1 aliphatic heterocycles. The zero-order chi connectivity index (χ0) is 19.3. The summed E-state index contributed by atoms with van der Waals surface area (Å²) in [4.78, 5) is 30.9. The summed E-state index contributed by atoms with van der Waals surface area (Å²) in [5.41, 5.74) is 1.97. The molecule has 1 aromatic heterocycles. The Hall–Kier alpha value is -2.73. The second-order valence-electron chi connectivity index (χ2n) is 6.66. The molecule has 0 bridgehead atoms. The van der Waals surface area contributed by atoms with E-state index in [-0.39, 0.29) is 18.4 Å². The van der Waals surface area contributed by atoms with Gasteiger partial charge in [-0.15, -0.1) is 0 Å². The summed E-state index contributed by atoms with van der Waals surface area (Å²) in [5.74, 6) is -0.172. The number of benzene rings is 1. The van der Waals surface area contributed by atoms with E-state index in [0.717, 1.165) is 16.7 Å². The fourth-order valence-corrected chi connectivity index (χ4v) is 3.57. The Balaban J connectivity index is 1.97. The first kappa shape index (κ1) is 19.0. The first-order valence-corrected chi connectivity index (χ1v) is 9.22. The molecule has 1 atom stereocenters. The van der Waals surface area contributed by atoms with E-state index in [1.807, 2.05) is 43.3 Å². The Bertz CT molecular complexity index is 809. The highest BCUT2D eigenvalue weighted by Gasteiger charge is 2.44. The van der Waals surface area contributed by atoms with Crippen molar-refractivity contribution in [1.29, 1.82) is 0 Å². The number of aromatic nitrogens is 1. The standard InChI is InChI=1S/C21H25N3O3/c1-3-19(25)24-12-13-27-21(15-24,20(26)22-2)14-17-6-4-5-7-18(17)16-8-10-23-11-9-16/h4-11H,3,12-15H2,1-2H3,(H,22,26)/t21-/m1/s1. The smallest absolute Gasteiger partial charge is 0.254 e. The van der Waals surface area contributed by atoms with Crippen LogP contribution in [0.25, 0.3) is 11.1 Å². The van der Waals surface area contributed by atoms with Crippen molar-refractivity contribution in [3.8, 4) is 11.1 Å². The normalized spacial score (nSPS) is 19.6. The van der Waals surface area contributed by atoms with Gasteiger partial charge in [0.15, 0.2) is 5.60 Å². The van der Waals surface area contributed by atoms with E-state index in [0.29, 0.717) is 26.0 Å². The number of hydrogen-bond donors (Lipinski definition) is 1. The van der Waals surface area contributed by atoms with Crippen LogP contribution in [-0.4, -0.2) is 54.0 Å². The molecular weight excluding hydrogens is 342 g/mol. The molecule has 1 N–H and O–H groups in total. The van der Waals surface area contributed by atoms with Crippen molar-refractivity contribution in [3.05, 3.63) is 54.4 Å². The molecule has 0 unspecified atom stereocenters. The highest BCUT2D eigenvalue weighted by molar-refractivity contribution is 5.87. The van der Waals surface area contributed by atoms with Gasteiger partial charge < -0.3 is 15.0 Å². The molecule has 2 amide bonds. The third-order valence-electron chi connectivity index (χ3n) is 4.97. The molecule has 6 nitrogen and oxygen atoms in total. The van der Waals surface area contributed by atoms with Crippen molar-refractivity contribution < 1.29 is 14.3 Å². The number of ether oxygens (including phenoxy) is 1. The van der Waals surface area contributed by atoms with Gasteiger partial charge in [0.1, 0.15) is 0 Å². The Morgan fingerprint density at radius 1 is 1.22 bits per heavy atom. The van der Waals surface area contributed by atoms with Gasteiger partial charge in [-0.3, -0.25) is 14.6 Å². The maximum atomic E-state index is 12.8. The summed E-state index contributed by atoms with van der Waals surface area (Å²) < 4.78 is 6.02. The highest BCUT2D eigenvalue weighted by atomic mass is 16.5. The first-order valence-electron chi connectivity index (χ1n) is 9.22. The molecule has 27 heavy (non-hydrogen) atoms. The summed E-state index contributed by atoms with van der Waals surface area (Å²) in [7, 11) is 1.60. The van der Waals surface area contributed by atoms with Gasteiger partial charge in [-0.25, -0.2) is 0 Å². The summed E-state index contributed by atoms with van der Waals surface area (Å²) in [6.07, 6.45) is 4.30. The zero-order valence-corrected chi connectivity index (χ0v) is 15.8. The van der Waals surface area contributed by atoms with Gasteiger partial charge in [-0.1, -0.05) is 31.2 Å². The van der Waals surface area contributed by atoms with E-state index in [2.05, 4.69) is 10.3 Å². The van der Waals surface area contributed by atoms with E-state index in [1.165, 1.54) is 0 Å². The number of morpholine rings is 1. The number of rotatable bonds is 5. The number of amides is 2. The predicted molar refractivity (Wildman–Crippen MR) is 103 cm³/mol. The molecule has 0 spiro atoms. The van der Waals surface area contributed by atoms with Crippen molar-refractivity contribution in [3.63, 3.8) is 0 Å². The lowest BCUT2D eigenvalue weighted by molar-refractivity contribution is -0.165. The van der Waals surface area contributed by atoms with Crippen LogP contribution in [0, 0.1) is 0 Å². The zero-order valence-electron chi connectivity index (χ0n) is 15.8. The third-order valence-corrected chi connectivity index (χ3v) is 4.97. The molecule has 0 saturated carbocycles. The number of nitrogens with one attached hydrogen (secondary N) is 1. The molecule has 0 aliphatic carbocycles. The van der Waals surface area contributed by atoms with Crippen molar-refractivity contribution in [1.82, 2.24) is 15.2 Å². The van der Waals surface area contributed by atoms with Crippen LogP contribution >= 0.6 is 0 Å². The lowest BCUT2D eigenvalue weighted by Gasteiger charge is -2.41. The number of pyridine rings is 1. The molecule has 1 fully saturated rings. The molecule has 1 saturated heterocycles. The maximum Gasteiger partial charge on any atom is 0.254 e.